The van der Waals surface area contributed by atoms with Crippen molar-refractivity contribution in [2.24, 2.45) is 5.92 Å². The highest BCUT2D eigenvalue weighted by molar-refractivity contribution is 6.28. The third-order valence-electron chi connectivity index (χ3n) is 2.95. The van der Waals surface area contributed by atoms with E-state index in [9.17, 15) is 0 Å². The quantitative estimate of drug-likeness (QED) is 0.707. The molecule has 0 radical (unpaired) electrons. The maximum atomic E-state index is 5.90. The van der Waals surface area contributed by atoms with E-state index in [1.54, 1.807) is 4.90 Å². The highest BCUT2D eigenvalue weighted by Gasteiger charge is 2.21. The second kappa shape index (κ2) is 6.34. The standard InChI is InChI=1S/C12H20ClN5O/c1-17(2)11-14-10(13)15-12(16-11)18(3)6-7-19-8-9-4-5-9/h9H,4-8H2,1-3H3. The molecule has 0 atom stereocenters. The summed E-state index contributed by atoms with van der Waals surface area (Å²) >= 11 is 5.90. The van der Waals surface area contributed by atoms with Crippen molar-refractivity contribution in [1.29, 1.82) is 0 Å². The average Bonchev–Trinajstić information content (AvgIpc) is 3.17. The van der Waals surface area contributed by atoms with Crippen LogP contribution in [-0.4, -0.2) is 55.9 Å². The number of aromatic nitrogens is 3. The van der Waals surface area contributed by atoms with Gasteiger partial charge >= 0.3 is 0 Å². The second-order valence-electron chi connectivity index (χ2n) is 5.04. The Morgan fingerprint density at radius 3 is 2.47 bits per heavy atom. The number of halogens is 1. The molecule has 0 unspecified atom stereocenters. The summed E-state index contributed by atoms with van der Waals surface area (Å²) in [4.78, 5) is 16.3. The summed E-state index contributed by atoms with van der Waals surface area (Å²) in [6, 6.07) is 0. The normalized spacial score (nSPS) is 14.5. The summed E-state index contributed by atoms with van der Waals surface area (Å²) in [6.07, 6.45) is 2.62. The molecule has 6 nitrogen and oxygen atoms in total. The largest absolute Gasteiger partial charge is 0.379 e. The van der Waals surface area contributed by atoms with Gasteiger partial charge in [-0.05, 0) is 30.4 Å². The molecule has 7 heteroatoms. The molecule has 0 spiro atoms. The van der Waals surface area contributed by atoms with Crippen molar-refractivity contribution in [2.45, 2.75) is 12.8 Å². The molecule has 0 saturated heterocycles. The van der Waals surface area contributed by atoms with Crippen molar-refractivity contribution >= 4 is 23.5 Å². The predicted octanol–water partition coefficient (Wildman–Crippen LogP) is 1.45. The van der Waals surface area contributed by atoms with Crippen LogP contribution in [0.15, 0.2) is 0 Å². The fourth-order valence-electron chi connectivity index (χ4n) is 1.54. The number of hydrogen-bond donors (Lipinski definition) is 0. The molecule has 1 aliphatic rings. The minimum Gasteiger partial charge on any atom is -0.379 e. The third-order valence-corrected chi connectivity index (χ3v) is 3.12. The van der Waals surface area contributed by atoms with Crippen LogP contribution in [0.5, 0.6) is 0 Å². The third kappa shape index (κ3) is 4.47. The van der Waals surface area contributed by atoms with E-state index in [4.69, 9.17) is 16.3 Å². The first-order valence-electron chi connectivity index (χ1n) is 6.44. The molecule has 1 fully saturated rings. The fourth-order valence-corrected chi connectivity index (χ4v) is 1.69. The first-order chi connectivity index (χ1) is 9.06. The molecular formula is C12H20ClN5O. The zero-order valence-electron chi connectivity index (χ0n) is 11.6. The first-order valence-corrected chi connectivity index (χ1v) is 6.82. The van der Waals surface area contributed by atoms with Crippen LogP contribution in [-0.2, 0) is 4.74 Å². The average molecular weight is 286 g/mol. The van der Waals surface area contributed by atoms with Crippen LogP contribution in [0, 0.1) is 5.92 Å². The lowest BCUT2D eigenvalue weighted by Gasteiger charge is -2.19. The van der Waals surface area contributed by atoms with Crippen LogP contribution >= 0.6 is 11.6 Å². The van der Waals surface area contributed by atoms with Crippen LogP contribution in [0.4, 0.5) is 11.9 Å². The Labute approximate surface area is 118 Å². The van der Waals surface area contributed by atoms with E-state index < -0.39 is 0 Å². The number of ether oxygens (including phenoxy) is 1. The molecule has 0 bridgehead atoms. The van der Waals surface area contributed by atoms with Gasteiger partial charge in [-0.25, -0.2) is 0 Å². The van der Waals surface area contributed by atoms with Crippen molar-refractivity contribution < 1.29 is 4.74 Å². The summed E-state index contributed by atoms with van der Waals surface area (Å²) < 4.78 is 5.60. The van der Waals surface area contributed by atoms with Gasteiger partial charge < -0.3 is 14.5 Å². The van der Waals surface area contributed by atoms with Crippen molar-refractivity contribution in [3.05, 3.63) is 5.28 Å². The molecule has 19 heavy (non-hydrogen) atoms. The fraction of sp³-hybridized carbons (Fsp3) is 0.750. The van der Waals surface area contributed by atoms with Gasteiger partial charge in [0, 0.05) is 34.3 Å². The number of likely N-dealkylation sites (N-methyl/N-ethyl adjacent to an activating group) is 1. The Balaban J connectivity index is 1.87. The SMILES string of the molecule is CN(C)c1nc(Cl)nc(N(C)CCOCC2CC2)n1. The maximum Gasteiger partial charge on any atom is 0.231 e. The summed E-state index contributed by atoms with van der Waals surface area (Å²) in [5.41, 5.74) is 0. The molecule has 0 aromatic carbocycles. The van der Waals surface area contributed by atoms with E-state index in [0.717, 1.165) is 19.1 Å². The summed E-state index contributed by atoms with van der Waals surface area (Å²) in [5, 5.41) is 0.208. The van der Waals surface area contributed by atoms with E-state index in [0.29, 0.717) is 18.5 Å². The number of nitrogens with zero attached hydrogens (tertiary/aromatic N) is 5. The van der Waals surface area contributed by atoms with Crippen molar-refractivity contribution in [3.8, 4) is 0 Å². The predicted molar refractivity (Wildman–Crippen MR) is 76.0 cm³/mol. The minimum atomic E-state index is 0.208. The Morgan fingerprint density at radius 1 is 1.16 bits per heavy atom. The number of rotatable bonds is 7. The van der Waals surface area contributed by atoms with E-state index in [1.807, 2.05) is 26.0 Å². The smallest absolute Gasteiger partial charge is 0.231 e. The second-order valence-corrected chi connectivity index (χ2v) is 5.38. The topological polar surface area (TPSA) is 54.4 Å². The summed E-state index contributed by atoms with van der Waals surface area (Å²) in [6.45, 7) is 2.28. The highest BCUT2D eigenvalue weighted by atomic mass is 35.5. The van der Waals surface area contributed by atoms with E-state index in [-0.39, 0.29) is 5.28 Å². The molecule has 0 amide bonds. The minimum absolute atomic E-state index is 0.208. The number of anilines is 2. The molecule has 0 N–H and O–H groups in total. The van der Waals surface area contributed by atoms with Crippen LogP contribution in [0.3, 0.4) is 0 Å². The summed E-state index contributed by atoms with van der Waals surface area (Å²) in [7, 11) is 5.66. The molecule has 1 saturated carbocycles. The molecule has 1 heterocycles. The molecule has 106 valence electrons. The molecule has 0 aliphatic heterocycles. The lowest BCUT2D eigenvalue weighted by molar-refractivity contribution is 0.130. The first kappa shape index (κ1) is 14.3. The lowest BCUT2D eigenvalue weighted by atomic mass is 10.5. The van der Waals surface area contributed by atoms with Gasteiger partial charge in [-0.15, -0.1) is 0 Å². The monoisotopic (exact) mass is 285 g/mol. The highest BCUT2D eigenvalue weighted by Crippen LogP contribution is 2.28. The van der Waals surface area contributed by atoms with E-state index in [1.165, 1.54) is 12.8 Å². The van der Waals surface area contributed by atoms with Gasteiger partial charge in [0.1, 0.15) is 0 Å². The van der Waals surface area contributed by atoms with Crippen molar-refractivity contribution in [2.75, 3.05) is 50.7 Å². The molecule has 1 aromatic heterocycles. The Hall–Kier alpha value is -1.14. The van der Waals surface area contributed by atoms with E-state index in [2.05, 4.69) is 15.0 Å². The molecule has 1 aliphatic carbocycles. The number of hydrogen-bond acceptors (Lipinski definition) is 6. The van der Waals surface area contributed by atoms with Gasteiger partial charge in [-0.3, -0.25) is 0 Å². The molecule has 1 aromatic rings. The van der Waals surface area contributed by atoms with Crippen LogP contribution < -0.4 is 9.80 Å². The van der Waals surface area contributed by atoms with Crippen LogP contribution in [0.2, 0.25) is 5.28 Å². The van der Waals surface area contributed by atoms with Crippen LogP contribution in [0.25, 0.3) is 0 Å². The zero-order chi connectivity index (χ0) is 13.8. The van der Waals surface area contributed by atoms with Crippen LogP contribution in [0.1, 0.15) is 12.8 Å². The lowest BCUT2D eigenvalue weighted by Crippen LogP contribution is -2.26. The van der Waals surface area contributed by atoms with Gasteiger partial charge in [-0.2, -0.15) is 15.0 Å². The van der Waals surface area contributed by atoms with Gasteiger partial charge in [0.2, 0.25) is 17.2 Å². The van der Waals surface area contributed by atoms with Gasteiger partial charge in [0.15, 0.2) is 0 Å². The molecule has 2 rings (SSSR count). The zero-order valence-corrected chi connectivity index (χ0v) is 12.4. The maximum absolute atomic E-state index is 5.90. The van der Waals surface area contributed by atoms with Crippen molar-refractivity contribution in [3.63, 3.8) is 0 Å². The molecular weight excluding hydrogens is 266 g/mol. The Bertz CT molecular complexity index is 425. The van der Waals surface area contributed by atoms with E-state index >= 15 is 0 Å². The Morgan fingerprint density at radius 2 is 1.84 bits per heavy atom. The van der Waals surface area contributed by atoms with Gasteiger partial charge in [0.25, 0.3) is 0 Å². The Kier molecular flexibility index (Phi) is 4.76. The summed E-state index contributed by atoms with van der Waals surface area (Å²) in [5.74, 6) is 1.91. The van der Waals surface area contributed by atoms with Gasteiger partial charge in [-0.1, -0.05) is 0 Å². The van der Waals surface area contributed by atoms with Gasteiger partial charge in [0.05, 0.1) is 6.61 Å². The van der Waals surface area contributed by atoms with Crippen molar-refractivity contribution in [1.82, 2.24) is 15.0 Å².